The van der Waals surface area contributed by atoms with E-state index in [0.717, 1.165) is 62.3 Å². The molecule has 29 heavy (non-hydrogen) atoms. The van der Waals surface area contributed by atoms with Gasteiger partial charge in [-0.05, 0) is 37.4 Å². The molecule has 0 aliphatic carbocycles. The molecule has 2 aliphatic rings. The van der Waals surface area contributed by atoms with Crippen LogP contribution in [0.2, 0.25) is 0 Å². The van der Waals surface area contributed by atoms with E-state index in [1.165, 1.54) is 0 Å². The van der Waals surface area contributed by atoms with E-state index in [2.05, 4.69) is 20.4 Å². The summed E-state index contributed by atoms with van der Waals surface area (Å²) in [5, 5.41) is 21.1. The maximum atomic E-state index is 12.9. The molecule has 1 atom stereocenters. The molecule has 1 unspecified atom stereocenters. The zero-order valence-electron chi connectivity index (χ0n) is 17.1. The van der Waals surface area contributed by atoms with Crippen molar-refractivity contribution in [2.75, 3.05) is 39.8 Å². The summed E-state index contributed by atoms with van der Waals surface area (Å²) >= 11 is 0. The molecule has 0 spiro atoms. The Bertz CT molecular complexity index is 814. The molecular weight excluding hydrogens is 366 g/mol. The number of β-amino-alcohol motifs (C(OH)–C–C–N with tert-alkyl or cyclic N) is 1. The number of aromatic nitrogens is 2. The Hall–Kier alpha value is -2.22. The second-order valence-electron chi connectivity index (χ2n) is 8.31. The first-order valence-electron chi connectivity index (χ1n) is 10.6. The van der Waals surface area contributed by atoms with Gasteiger partial charge in [0.15, 0.2) is 5.69 Å². The first-order chi connectivity index (χ1) is 14.1. The van der Waals surface area contributed by atoms with Gasteiger partial charge in [0.1, 0.15) is 0 Å². The number of fused-ring (bicyclic) bond motifs is 1. The van der Waals surface area contributed by atoms with Gasteiger partial charge < -0.3 is 20.2 Å². The minimum absolute atomic E-state index is 0.00753. The molecule has 0 bridgehead atoms. The summed E-state index contributed by atoms with van der Waals surface area (Å²) in [6.45, 7) is 4.97. The molecule has 1 aromatic carbocycles. The van der Waals surface area contributed by atoms with Gasteiger partial charge in [0, 0.05) is 50.9 Å². The van der Waals surface area contributed by atoms with E-state index < -0.39 is 6.10 Å². The van der Waals surface area contributed by atoms with Gasteiger partial charge in [-0.15, -0.1) is 0 Å². The van der Waals surface area contributed by atoms with E-state index >= 15 is 0 Å². The van der Waals surface area contributed by atoms with Crippen molar-refractivity contribution in [2.24, 2.45) is 5.92 Å². The van der Waals surface area contributed by atoms with E-state index in [0.29, 0.717) is 24.7 Å². The Kier molecular flexibility index (Phi) is 6.28. The van der Waals surface area contributed by atoms with Gasteiger partial charge in [-0.25, -0.2) is 0 Å². The molecule has 7 nitrogen and oxygen atoms in total. The number of benzene rings is 1. The molecule has 7 heteroatoms. The molecule has 2 aromatic rings. The molecular formula is C22H31N5O2. The van der Waals surface area contributed by atoms with Crippen molar-refractivity contribution in [1.29, 1.82) is 0 Å². The summed E-state index contributed by atoms with van der Waals surface area (Å²) in [7, 11) is 1.88. The van der Waals surface area contributed by atoms with Crippen LogP contribution >= 0.6 is 0 Å². The summed E-state index contributed by atoms with van der Waals surface area (Å²) in [6.07, 6.45) is 2.53. The number of hydrogen-bond acceptors (Lipinski definition) is 5. The van der Waals surface area contributed by atoms with Crippen molar-refractivity contribution in [3.63, 3.8) is 0 Å². The number of H-pyrrole nitrogens is 1. The van der Waals surface area contributed by atoms with E-state index in [1.54, 1.807) is 0 Å². The predicted octanol–water partition coefficient (Wildman–Crippen LogP) is 1.57. The lowest BCUT2D eigenvalue weighted by Gasteiger charge is -2.34. The highest BCUT2D eigenvalue weighted by molar-refractivity contribution is 5.93. The molecule has 4 rings (SSSR count). The largest absolute Gasteiger partial charge is 0.387 e. The number of piperidine rings is 1. The Morgan fingerprint density at radius 1 is 1.31 bits per heavy atom. The quantitative estimate of drug-likeness (QED) is 0.689. The van der Waals surface area contributed by atoms with Gasteiger partial charge in [-0.1, -0.05) is 30.3 Å². The molecule has 2 aliphatic heterocycles. The molecule has 3 N–H and O–H groups in total. The number of nitrogens with one attached hydrogen (secondary N) is 2. The third-order valence-corrected chi connectivity index (χ3v) is 6.21. The lowest BCUT2D eigenvalue weighted by atomic mass is 9.95. The van der Waals surface area contributed by atoms with Crippen molar-refractivity contribution in [2.45, 2.75) is 31.9 Å². The minimum Gasteiger partial charge on any atom is -0.387 e. The predicted molar refractivity (Wildman–Crippen MR) is 112 cm³/mol. The number of likely N-dealkylation sites (tertiary alicyclic amines) is 1. The van der Waals surface area contributed by atoms with Crippen molar-refractivity contribution >= 4 is 5.91 Å². The topological polar surface area (TPSA) is 84.5 Å². The van der Waals surface area contributed by atoms with Crippen molar-refractivity contribution in [1.82, 2.24) is 25.3 Å². The van der Waals surface area contributed by atoms with E-state index in [4.69, 9.17) is 0 Å². The van der Waals surface area contributed by atoms with Crippen molar-refractivity contribution < 1.29 is 9.90 Å². The van der Waals surface area contributed by atoms with Crippen LogP contribution in [-0.2, 0) is 13.0 Å². The second-order valence-corrected chi connectivity index (χ2v) is 8.31. The normalized spacial score (nSPS) is 19.0. The van der Waals surface area contributed by atoms with Crippen LogP contribution < -0.4 is 5.32 Å². The molecule has 1 aromatic heterocycles. The van der Waals surface area contributed by atoms with Gasteiger partial charge in [-0.2, -0.15) is 5.10 Å². The Labute approximate surface area is 172 Å². The summed E-state index contributed by atoms with van der Waals surface area (Å²) in [5.41, 5.74) is 3.65. The van der Waals surface area contributed by atoms with E-state index in [1.807, 2.05) is 42.3 Å². The SMILES string of the molecule is CN(CC1CCN(CC(O)c2ccccc2)CC1)C(=O)c1n[nH]c2c1CNCC2. The fraction of sp³-hybridized carbons (Fsp3) is 0.545. The van der Waals surface area contributed by atoms with Crippen LogP contribution in [0.5, 0.6) is 0 Å². The molecule has 3 heterocycles. The van der Waals surface area contributed by atoms with E-state index in [9.17, 15) is 9.90 Å². The number of rotatable bonds is 6. The minimum atomic E-state index is -0.448. The maximum Gasteiger partial charge on any atom is 0.274 e. The highest BCUT2D eigenvalue weighted by Crippen LogP contribution is 2.23. The van der Waals surface area contributed by atoms with Crippen LogP contribution in [0.1, 0.15) is 46.3 Å². The highest BCUT2D eigenvalue weighted by Gasteiger charge is 2.27. The molecule has 0 saturated carbocycles. The average molecular weight is 398 g/mol. The van der Waals surface area contributed by atoms with Crippen molar-refractivity contribution in [3.8, 4) is 0 Å². The van der Waals surface area contributed by atoms with Crippen LogP contribution in [0.3, 0.4) is 0 Å². The lowest BCUT2D eigenvalue weighted by Crippen LogP contribution is -2.41. The van der Waals surface area contributed by atoms with E-state index in [-0.39, 0.29) is 5.91 Å². The summed E-state index contributed by atoms with van der Waals surface area (Å²) in [4.78, 5) is 17.0. The zero-order chi connectivity index (χ0) is 20.2. The number of hydrogen-bond donors (Lipinski definition) is 3. The molecule has 1 amide bonds. The lowest BCUT2D eigenvalue weighted by molar-refractivity contribution is 0.0676. The summed E-state index contributed by atoms with van der Waals surface area (Å²) in [6, 6.07) is 9.84. The third-order valence-electron chi connectivity index (χ3n) is 6.21. The number of aliphatic hydroxyl groups is 1. The number of amides is 1. The number of nitrogens with zero attached hydrogens (tertiary/aromatic N) is 3. The maximum absolute atomic E-state index is 12.9. The van der Waals surface area contributed by atoms with Crippen LogP contribution in [0, 0.1) is 5.92 Å². The third kappa shape index (κ3) is 4.69. The smallest absolute Gasteiger partial charge is 0.274 e. The average Bonchev–Trinajstić information content (AvgIpc) is 3.19. The van der Waals surface area contributed by atoms with Crippen LogP contribution in [-0.4, -0.2) is 70.8 Å². The molecule has 156 valence electrons. The standard InChI is InChI=1S/C22H31N5O2/c1-26(22(29)21-18-13-23-10-7-19(18)24-25-21)14-16-8-11-27(12-9-16)15-20(28)17-5-3-2-4-6-17/h2-6,16,20,23,28H,7-15H2,1H3,(H,24,25). The number of aromatic amines is 1. The molecule has 0 radical (unpaired) electrons. The van der Waals surface area contributed by atoms with Gasteiger partial charge in [0.05, 0.1) is 6.10 Å². The Morgan fingerprint density at radius 3 is 2.83 bits per heavy atom. The fourth-order valence-corrected chi connectivity index (χ4v) is 4.43. The number of carbonyl (C=O) groups excluding carboxylic acids is 1. The highest BCUT2D eigenvalue weighted by atomic mass is 16.3. The van der Waals surface area contributed by atoms with Crippen molar-refractivity contribution in [3.05, 3.63) is 52.8 Å². The second kappa shape index (κ2) is 9.07. The Morgan fingerprint density at radius 2 is 2.07 bits per heavy atom. The Balaban J connectivity index is 1.26. The first kappa shape index (κ1) is 20.1. The van der Waals surface area contributed by atoms with Gasteiger partial charge >= 0.3 is 0 Å². The van der Waals surface area contributed by atoms with Crippen LogP contribution in [0.4, 0.5) is 0 Å². The number of aliphatic hydroxyl groups excluding tert-OH is 1. The monoisotopic (exact) mass is 397 g/mol. The summed E-state index contributed by atoms with van der Waals surface area (Å²) in [5.74, 6) is 0.495. The first-order valence-corrected chi connectivity index (χ1v) is 10.6. The summed E-state index contributed by atoms with van der Waals surface area (Å²) < 4.78 is 0. The van der Waals surface area contributed by atoms with Crippen LogP contribution in [0.25, 0.3) is 0 Å². The molecule has 1 saturated heterocycles. The van der Waals surface area contributed by atoms with Crippen LogP contribution in [0.15, 0.2) is 30.3 Å². The zero-order valence-corrected chi connectivity index (χ0v) is 17.1. The van der Waals surface area contributed by atoms with Gasteiger partial charge in [-0.3, -0.25) is 9.89 Å². The molecule has 1 fully saturated rings. The fourth-order valence-electron chi connectivity index (χ4n) is 4.43. The van der Waals surface area contributed by atoms with Gasteiger partial charge in [0.2, 0.25) is 0 Å². The van der Waals surface area contributed by atoms with Gasteiger partial charge in [0.25, 0.3) is 5.91 Å². The number of carbonyl (C=O) groups is 1.